The van der Waals surface area contributed by atoms with Crippen LogP contribution < -0.4 is 11.1 Å². The molecule has 1 aromatic rings. The predicted molar refractivity (Wildman–Crippen MR) is 61.0 cm³/mol. The highest BCUT2D eigenvalue weighted by Crippen LogP contribution is 2.28. The summed E-state index contributed by atoms with van der Waals surface area (Å²) in [5.41, 5.74) is 7.36. The maximum Gasteiger partial charge on any atom is 0.254 e. The van der Waals surface area contributed by atoms with Crippen LogP contribution in [0.3, 0.4) is 0 Å². The Hall–Kier alpha value is -1.36. The van der Waals surface area contributed by atoms with Crippen LogP contribution in [0, 0.1) is 6.92 Å². The van der Waals surface area contributed by atoms with Crippen molar-refractivity contribution < 1.29 is 4.79 Å². The van der Waals surface area contributed by atoms with Crippen molar-refractivity contribution in [3.63, 3.8) is 0 Å². The molecule has 3 N–H and O–H groups in total. The average Bonchev–Trinajstić information content (AvgIpc) is 2.54. The Labute approximate surface area is 95.0 Å². The molecule has 88 valence electrons. The van der Waals surface area contributed by atoms with Gasteiger partial charge in [0.25, 0.3) is 5.91 Å². The van der Waals surface area contributed by atoms with Crippen LogP contribution in [0.5, 0.6) is 0 Å². The van der Waals surface area contributed by atoms with E-state index in [1.165, 1.54) is 0 Å². The van der Waals surface area contributed by atoms with Crippen LogP contribution in [0.2, 0.25) is 0 Å². The Morgan fingerprint density at radius 3 is 2.81 bits per heavy atom. The van der Waals surface area contributed by atoms with Crippen molar-refractivity contribution in [2.45, 2.75) is 31.7 Å². The fraction of sp³-hybridized carbons (Fsp3) is 0.636. The van der Waals surface area contributed by atoms with Crippen LogP contribution in [-0.2, 0) is 7.05 Å². The van der Waals surface area contributed by atoms with Gasteiger partial charge in [-0.2, -0.15) is 5.10 Å². The van der Waals surface area contributed by atoms with Gasteiger partial charge in [-0.1, -0.05) is 0 Å². The quantitative estimate of drug-likeness (QED) is 0.774. The van der Waals surface area contributed by atoms with Crippen molar-refractivity contribution >= 4 is 5.91 Å². The molecule has 5 nitrogen and oxygen atoms in total. The van der Waals surface area contributed by atoms with Gasteiger partial charge in [0.1, 0.15) is 0 Å². The van der Waals surface area contributed by atoms with E-state index in [1.807, 2.05) is 14.0 Å². The highest BCUT2D eigenvalue weighted by molar-refractivity contribution is 5.95. The van der Waals surface area contributed by atoms with Crippen molar-refractivity contribution in [2.24, 2.45) is 12.8 Å². The van der Waals surface area contributed by atoms with Crippen LogP contribution in [-0.4, -0.2) is 27.8 Å². The second kappa shape index (κ2) is 3.90. The van der Waals surface area contributed by atoms with E-state index in [4.69, 9.17) is 5.73 Å². The zero-order chi connectivity index (χ0) is 11.8. The third-order valence-corrected chi connectivity index (χ3v) is 3.43. The van der Waals surface area contributed by atoms with E-state index in [9.17, 15) is 4.79 Å². The molecule has 5 heteroatoms. The summed E-state index contributed by atoms with van der Waals surface area (Å²) in [5.74, 6) is -0.0812. The van der Waals surface area contributed by atoms with Gasteiger partial charge in [-0.3, -0.25) is 9.48 Å². The molecule has 0 unspecified atom stereocenters. The van der Waals surface area contributed by atoms with Gasteiger partial charge in [0, 0.05) is 24.8 Å². The predicted octanol–water partition coefficient (Wildman–Crippen LogP) is 0.340. The number of nitrogens with zero attached hydrogens (tertiary/aromatic N) is 2. The van der Waals surface area contributed by atoms with E-state index in [0.717, 1.165) is 25.0 Å². The molecule has 0 aliphatic heterocycles. The number of hydrogen-bond donors (Lipinski definition) is 2. The smallest absolute Gasteiger partial charge is 0.254 e. The molecule has 16 heavy (non-hydrogen) atoms. The lowest BCUT2D eigenvalue weighted by Gasteiger charge is -2.38. The number of aryl methyl sites for hydroxylation is 1. The zero-order valence-electron chi connectivity index (χ0n) is 9.79. The molecule has 0 atom stereocenters. The fourth-order valence-corrected chi connectivity index (χ4v) is 1.88. The topological polar surface area (TPSA) is 72.9 Å². The summed E-state index contributed by atoms with van der Waals surface area (Å²) in [7, 11) is 1.82. The van der Waals surface area contributed by atoms with E-state index in [1.54, 1.807) is 10.9 Å². The highest BCUT2D eigenvalue weighted by Gasteiger charge is 2.32. The van der Waals surface area contributed by atoms with Crippen LogP contribution in [0.25, 0.3) is 0 Å². The molecule has 1 aromatic heterocycles. The van der Waals surface area contributed by atoms with Gasteiger partial charge in [0.05, 0.1) is 11.8 Å². The minimum Gasteiger partial charge on any atom is -0.350 e. The molecule has 1 fully saturated rings. The molecule has 0 aromatic carbocycles. The minimum absolute atomic E-state index is 0.0812. The SMILES string of the molecule is Cc1c(C(=O)NCC2(N)CCC2)cnn1C. The Bertz CT molecular complexity index is 406. The number of carbonyl (C=O) groups excluding carboxylic acids is 1. The molecule has 1 heterocycles. The summed E-state index contributed by atoms with van der Waals surface area (Å²) in [4.78, 5) is 11.8. The molecule has 0 radical (unpaired) electrons. The zero-order valence-corrected chi connectivity index (χ0v) is 9.79. The van der Waals surface area contributed by atoms with Crippen LogP contribution in [0.15, 0.2) is 6.20 Å². The highest BCUT2D eigenvalue weighted by atomic mass is 16.1. The second-order valence-electron chi connectivity index (χ2n) is 4.67. The number of aromatic nitrogens is 2. The monoisotopic (exact) mass is 222 g/mol. The summed E-state index contributed by atoms with van der Waals surface area (Å²) >= 11 is 0. The molecule has 1 aliphatic rings. The van der Waals surface area contributed by atoms with Crippen molar-refractivity contribution in [3.8, 4) is 0 Å². The van der Waals surface area contributed by atoms with E-state index in [0.29, 0.717) is 12.1 Å². The summed E-state index contributed by atoms with van der Waals surface area (Å²) < 4.78 is 1.69. The lowest BCUT2D eigenvalue weighted by Crippen LogP contribution is -2.54. The lowest BCUT2D eigenvalue weighted by molar-refractivity contribution is 0.0929. The third kappa shape index (κ3) is 1.95. The largest absolute Gasteiger partial charge is 0.350 e. The Morgan fingerprint density at radius 1 is 1.69 bits per heavy atom. The maximum absolute atomic E-state index is 11.8. The molecule has 0 spiro atoms. The lowest BCUT2D eigenvalue weighted by atomic mass is 9.78. The first-order valence-electron chi connectivity index (χ1n) is 5.57. The molecule has 0 bridgehead atoms. The summed E-state index contributed by atoms with van der Waals surface area (Å²) in [5, 5.41) is 6.92. The van der Waals surface area contributed by atoms with Crippen molar-refractivity contribution in [3.05, 3.63) is 17.5 Å². The van der Waals surface area contributed by atoms with E-state index in [2.05, 4.69) is 10.4 Å². The van der Waals surface area contributed by atoms with Crippen molar-refractivity contribution in [1.82, 2.24) is 15.1 Å². The molecule has 1 amide bonds. The molecule has 1 saturated carbocycles. The van der Waals surface area contributed by atoms with E-state index >= 15 is 0 Å². The number of rotatable bonds is 3. The van der Waals surface area contributed by atoms with Gasteiger partial charge in [-0.15, -0.1) is 0 Å². The number of hydrogen-bond acceptors (Lipinski definition) is 3. The molecule has 0 saturated heterocycles. The normalized spacial score (nSPS) is 17.9. The van der Waals surface area contributed by atoms with E-state index < -0.39 is 0 Å². The van der Waals surface area contributed by atoms with Gasteiger partial charge >= 0.3 is 0 Å². The average molecular weight is 222 g/mol. The first-order valence-corrected chi connectivity index (χ1v) is 5.57. The number of carbonyl (C=O) groups is 1. The molecule has 1 aliphatic carbocycles. The fourth-order valence-electron chi connectivity index (χ4n) is 1.88. The molecular formula is C11H18N4O. The maximum atomic E-state index is 11.8. The van der Waals surface area contributed by atoms with Crippen LogP contribution >= 0.6 is 0 Å². The molecule has 2 rings (SSSR count). The van der Waals surface area contributed by atoms with Gasteiger partial charge in [0.15, 0.2) is 0 Å². The second-order valence-corrected chi connectivity index (χ2v) is 4.67. The van der Waals surface area contributed by atoms with Crippen LogP contribution in [0.1, 0.15) is 35.3 Å². The van der Waals surface area contributed by atoms with Crippen molar-refractivity contribution in [1.29, 1.82) is 0 Å². The summed E-state index contributed by atoms with van der Waals surface area (Å²) in [6.45, 7) is 2.43. The van der Waals surface area contributed by atoms with Gasteiger partial charge in [-0.25, -0.2) is 0 Å². The number of nitrogens with one attached hydrogen (secondary N) is 1. The Balaban J connectivity index is 1.95. The first-order chi connectivity index (χ1) is 7.52. The Kier molecular flexibility index (Phi) is 2.71. The van der Waals surface area contributed by atoms with Gasteiger partial charge in [-0.05, 0) is 26.2 Å². The van der Waals surface area contributed by atoms with Gasteiger partial charge < -0.3 is 11.1 Å². The van der Waals surface area contributed by atoms with Crippen LogP contribution in [0.4, 0.5) is 0 Å². The van der Waals surface area contributed by atoms with Gasteiger partial charge in [0.2, 0.25) is 0 Å². The van der Waals surface area contributed by atoms with Crippen molar-refractivity contribution in [2.75, 3.05) is 6.54 Å². The Morgan fingerprint density at radius 2 is 2.38 bits per heavy atom. The molecular weight excluding hydrogens is 204 g/mol. The number of amides is 1. The standard InChI is InChI=1S/C11H18N4O/c1-8-9(6-14-15(8)2)10(16)13-7-11(12)4-3-5-11/h6H,3-5,7,12H2,1-2H3,(H,13,16). The number of nitrogens with two attached hydrogens (primary N) is 1. The summed E-state index contributed by atoms with van der Waals surface area (Å²) in [6, 6.07) is 0. The first kappa shape index (κ1) is 11.1. The summed E-state index contributed by atoms with van der Waals surface area (Å²) in [6.07, 6.45) is 4.76. The van der Waals surface area contributed by atoms with E-state index in [-0.39, 0.29) is 11.4 Å². The third-order valence-electron chi connectivity index (χ3n) is 3.43. The minimum atomic E-state index is -0.175.